The molecule has 0 aliphatic heterocycles. The highest BCUT2D eigenvalue weighted by atomic mass is 31.2. The number of allylic oxidation sites excluding steroid dienone is 4. The summed E-state index contributed by atoms with van der Waals surface area (Å²) >= 11 is 0. The molecule has 208 valence electrons. The number of aliphatic hydroxyl groups is 2. The number of fused-ring (bicyclic) bond motifs is 5. The van der Waals surface area contributed by atoms with Crippen LogP contribution < -0.4 is 0 Å². The highest BCUT2D eigenvalue weighted by Gasteiger charge is 2.73. The lowest BCUT2D eigenvalue weighted by molar-refractivity contribution is -0.209. The van der Waals surface area contributed by atoms with Crippen LogP contribution in [0.15, 0.2) is 23.8 Å². The van der Waals surface area contributed by atoms with E-state index in [2.05, 4.69) is 13.8 Å². The van der Waals surface area contributed by atoms with Gasteiger partial charge in [0.2, 0.25) is 0 Å². The Morgan fingerprint density at radius 1 is 1.16 bits per heavy atom. The fourth-order valence-electron chi connectivity index (χ4n) is 8.44. The maximum Gasteiger partial charge on any atom is 0.356 e. The van der Waals surface area contributed by atoms with Crippen LogP contribution in [-0.4, -0.2) is 59.7 Å². The molecular weight excluding hydrogens is 495 g/mol. The summed E-state index contributed by atoms with van der Waals surface area (Å²) in [6, 6.07) is 0. The van der Waals surface area contributed by atoms with Crippen LogP contribution in [0.2, 0.25) is 0 Å². The van der Waals surface area contributed by atoms with E-state index in [0.717, 1.165) is 18.4 Å². The van der Waals surface area contributed by atoms with Crippen LogP contribution in [0.5, 0.6) is 0 Å². The third-order valence-corrected chi connectivity index (χ3v) is 12.3. The van der Waals surface area contributed by atoms with Crippen LogP contribution in [0.4, 0.5) is 0 Å². The maximum absolute atomic E-state index is 13.6. The number of carbonyl (C=O) groups is 2. The first-order valence-electron chi connectivity index (χ1n) is 13.6. The molecule has 0 aromatic heterocycles. The fraction of sp³-hybridized carbons (Fsp3) is 0.786. The molecule has 0 amide bonds. The van der Waals surface area contributed by atoms with Crippen LogP contribution in [0, 0.1) is 34.0 Å². The van der Waals surface area contributed by atoms with E-state index in [4.69, 9.17) is 13.8 Å². The molecule has 8 nitrogen and oxygen atoms in total. The molecule has 0 bridgehead atoms. The number of rotatable bonds is 9. The summed E-state index contributed by atoms with van der Waals surface area (Å²) in [5, 5.41) is 23.9. The van der Waals surface area contributed by atoms with E-state index >= 15 is 0 Å². The molecule has 0 heterocycles. The molecule has 37 heavy (non-hydrogen) atoms. The summed E-state index contributed by atoms with van der Waals surface area (Å²) in [5.74, 6) is -0.759. The van der Waals surface area contributed by atoms with Gasteiger partial charge in [-0.1, -0.05) is 39.3 Å². The third kappa shape index (κ3) is 4.09. The first kappa shape index (κ1) is 28.8. The number of hydrogen-bond acceptors (Lipinski definition) is 8. The molecule has 0 aromatic rings. The molecule has 4 rings (SSSR count). The molecule has 0 aromatic carbocycles. The summed E-state index contributed by atoms with van der Waals surface area (Å²) in [5.41, 5.74) is -2.51. The van der Waals surface area contributed by atoms with E-state index in [1.807, 2.05) is 19.9 Å². The minimum Gasteiger partial charge on any atom is -0.392 e. The molecule has 3 fully saturated rings. The Labute approximate surface area is 220 Å². The number of ketones is 2. The summed E-state index contributed by atoms with van der Waals surface area (Å²) in [6.07, 6.45) is 6.59. The largest absolute Gasteiger partial charge is 0.392 e. The van der Waals surface area contributed by atoms with Gasteiger partial charge in [-0.05, 0) is 69.4 Å². The second kappa shape index (κ2) is 9.79. The smallest absolute Gasteiger partial charge is 0.356 e. The summed E-state index contributed by atoms with van der Waals surface area (Å²) in [6.45, 7) is 11.4. The topological polar surface area (TPSA) is 119 Å². The molecule has 0 spiro atoms. The van der Waals surface area contributed by atoms with Gasteiger partial charge < -0.3 is 24.0 Å². The van der Waals surface area contributed by atoms with Crippen molar-refractivity contribution in [3.05, 3.63) is 23.8 Å². The van der Waals surface area contributed by atoms with Gasteiger partial charge in [0.15, 0.2) is 11.6 Å². The summed E-state index contributed by atoms with van der Waals surface area (Å²) in [7, 11) is -3.49. The molecule has 0 saturated heterocycles. The molecule has 9 heteroatoms. The van der Waals surface area contributed by atoms with Gasteiger partial charge >= 0.3 is 7.60 Å². The zero-order chi connectivity index (χ0) is 27.4. The number of ether oxygens (including phenoxy) is 1. The van der Waals surface area contributed by atoms with Crippen LogP contribution in [0.3, 0.4) is 0 Å². The van der Waals surface area contributed by atoms with Gasteiger partial charge in [0.25, 0.3) is 0 Å². The zero-order valence-corrected chi connectivity index (χ0v) is 23.9. The number of carbonyl (C=O) groups excluding carboxylic acids is 2. The Bertz CT molecular complexity index is 1040. The third-order valence-electron chi connectivity index (χ3n) is 10.5. The van der Waals surface area contributed by atoms with Crippen LogP contribution >= 0.6 is 7.60 Å². The van der Waals surface area contributed by atoms with Crippen LogP contribution in [-0.2, 0) is 27.9 Å². The van der Waals surface area contributed by atoms with Gasteiger partial charge in [-0.15, -0.1) is 0 Å². The van der Waals surface area contributed by atoms with Crippen molar-refractivity contribution in [1.82, 2.24) is 0 Å². The Kier molecular flexibility index (Phi) is 7.64. The number of Topliss-reactive ketones (excluding diaryl/α,β-unsaturated/α-hetero) is 1. The average Bonchev–Trinajstić information content (AvgIpc) is 3.02. The lowest BCUT2D eigenvalue weighted by atomic mass is 9.39. The fourth-order valence-corrected chi connectivity index (χ4v) is 9.76. The molecule has 4 aliphatic rings. The normalized spacial score (nSPS) is 43.1. The van der Waals surface area contributed by atoms with Crippen molar-refractivity contribution in [2.75, 3.05) is 26.2 Å². The van der Waals surface area contributed by atoms with Gasteiger partial charge in [-0.25, -0.2) is 0 Å². The summed E-state index contributed by atoms with van der Waals surface area (Å²) in [4.78, 5) is 25.7. The lowest BCUT2D eigenvalue weighted by Gasteiger charge is -2.65. The average molecular weight is 539 g/mol. The lowest BCUT2D eigenvalue weighted by Crippen LogP contribution is -2.66. The Hall–Kier alpha value is -1.15. The van der Waals surface area contributed by atoms with Crippen molar-refractivity contribution >= 4 is 19.2 Å². The maximum atomic E-state index is 13.6. The number of hydrogen-bond donors (Lipinski definition) is 2. The Morgan fingerprint density at radius 2 is 1.81 bits per heavy atom. The Morgan fingerprint density at radius 3 is 2.43 bits per heavy atom. The van der Waals surface area contributed by atoms with E-state index in [1.165, 1.54) is 0 Å². The minimum absolute atomic E-state index is 0.00667. The molecule has 3 saturated carbocycles. The first-order chi connectivity index (χ1) is 17.2. The van der Waals surface area contributed by atoms with Gasteiger partial charge in [-0.2, -0.15) is 0 Å². The Balaban J connectivity index is 1.60. The van der Waals surface area contributed by atoms with Gasteiger partial charge in [0.1, 0.15) is 18.6 Å². The van der Waals surface area contributed by atoms with Gasteiger partial charge in [0.05, 0.1) is 19.3 Å². The molecule has 0 unspecified atom stereocenters. The number of aliphatic hydroxyl groups excluding tert-OH is 1. The molecule has 8 atom stereocenters. The minimum atomic E-state index is -3.49. The van der Waals surface area contributed by atoms with Gasteiger partial charge in [0, 0.05) is 16.2 Å². The van der Waals surface area contributed by atoms with E-state index in [1.54, 1.807) is 26.0 Å². The van der Waals surface area contributed by atoms with E-state index < -0.39 is 47.9 Å². The molecule has 4 aliphatic carbocycles. The van der Waals surface area contributed by atoms with Crippen LogP contribution in [0.25, 0.3) is 0 Å². The second-order valence-corrected chi connectivity index (χ2v) is 14.0. The van der Waals surface area contributed by atoms with E-state index in [0.29, 0.717) is 6.42 Å². The van der Waals surface area contributed by atoms with Crippen molar-refractivity contribution in [2.24, 2.45) is 34.0 Å². The quantitative estimate of drug-likeness (QED) is 0.414. The van der Waals surface area contributed by atoms with E-state index in [-0.39, 0.29) is 49.5 Å². The van der Waals surface area contributed by atoms with E-state index in [9.17, 15) is 24.4 Å². The first-order valence-corrected chi connectivity index (χ1v) is 15.3. The zero-order valence-electron chi connectivity index (χ0n) is 23.0. The highest BCUT2D eigenvalue weighted by molar-refractivity contribution is 7.53. The standard InChI is InChI=1S/C28H43O8P/c1-7-35-37(33,36-8-2)17-34-16-24(31)28(32)18(3)13-22-21-10-9-19-14-20(29)11-12-25(19,4)27(21,6)23(30)15-26(22,28)5/h11-12,14,18,21-23,30,32H,7-10,13,15-17H2,1-6H3/t18-,21-,22-,23-,25-,26-,27+,28-/m0/s1. The second-order valence-electron chi connectivity index (χ2n) is 12.0. The van der Waals surface area contributed by atoms with Gasteiger partial charge in [-0.3, -0.25) is 14.2 Å². The van der Waals surface area contributed by atoms with Crippen molar-refractivity contribution in [3.63, 3.8) is 0 Å². The summed E-state index contributed by atoms with van der Waals surface area (Å²) < 4.78 is 28.8. The van der Waals surface area contributed by atoms with Crippen molar-refractivity contribution < 1.29 is 38.2 Å². The van der Waals surface area contributed by atoms with Crippen molar-refractivity contribution in [2.45, 2.75) is 78.9 Å². The SMILES string of the molecule is CCOP(=O)(COCC(=O)[C@@]1(O)[C@@H](C)C[C@H]2[C@@H]3CCC4=CC(=O)C=C[C@]4(C)[C@@]3(C)[C@@H](O)C[C@@]21C)OCC. The van der Waals surface area contributed by atoms with Crippen molar-refractivity contribution in [1.29, 1.82) is 0 Å². The molecule has 0 radical (unpaired) electrons. The predicted molar refractivity (Wildman–Crippen MR) is 139 cm³/mol. The van der Waals surface area contributed by atoms with Crippen molar-refractivity contribution in [3.8, 4) is 0 Å². The highest BCUT2D eigenvalue weighted by Crippen LogP contribution is 2.72. The predicted octanol–water partition coefficient (Wildman–Crippen LogP) is 4.44. The molecule has 2 N–H and O–H groups in total. The molecular formula is C28H43O8P. The monoisotopic (exact) mass is 538 g/mol. The van der Waals surface area contributed by atoms with Crippen LogP contribution in [0.1, 0.15) is 67.2 Å².